The average Bonchev–Trinajstić information content (AvgIpc) is 3.00. The van der Waals surface area contributed by atoms with E-state index in [1.807, 2.05) is 6.08 Å². The van der Waals surface area contributed by atoms with E-state index in [2.05, 4.69) is 46.4 Å². The Kier molecular flexibility index (Phi) is 3.25. The van der Waals surface area contributed by atoms with Gasteiger partial charge in [-0.25, -0.2) is 4.98 Å². The standard InChI is InChI=1S/C16H18N4O/c1-4-10-6-11(5-2)19-14(10)7-12-13-8-17-9(3)18-15(13)20-16(12)21/h6-8,17,19H,3-5H2,1-2H3,(H,18,20,21). The van der Waals surface area contributed by atoms with Crippen molar-refractivity contribution in [2.24, 2.45) is 0 Å². The molecule has 0 atom stereocenters. The van der Waals surface area contributed by atoms with E-state index >= 15 is 0 Å². The maximum Gasteiger partial charge on any atom is 0.257 e. The molecule has 2 aliphatic rings. The monoisotopic (exact) mass is 282 g/mol. The Labute approximate surface area is 121 Å². The molecule has 0 bridgehead atoms. The molecular weight excluding hydrogens is 264 g/mol. The molecule has 1 aromatic rings. The molecule has 0 fully saturated rings. The van der Waals surface area contributed by atoms with Gasteiger partial charge in [-0.05, 0) is 30.5 Å². The van der Waals surface area contributed by atoms with Crippen molar-refractivity contribution >= 4 is 12.7 Å². The van der Waals surface area contributed by atoms with E-state index in [0.29, 0.717) is 16.5 Å². The lowest BCUT2D eigenvalue weighted by atomic mass is 10.1. The first-order valence-corrected chi connectivity index (χ1v) is 7.11. The van der Waals surface area contributed by atoms with Crippen molar-refractivity contribution in [1.82, 2.24) is 19.9 Å². The van der Waals surface area contributed by atoms with E-state index in [1.165, 1.54) is 11.3 Å². The lowest BCUT2D eigenvalue weighted by Crippen LogP contribution is -2.22. The third kappa shape index (κ3) is 2.31. The summed E-state index contributed by atoms with van der Waals surface area (Å²) in [4.78, 5) is 25.5. The molecule has 0 radical (unpaired) electrons. The van der Waals surface area contributed by atoms with Crippen LogP contribution in [0, 0.1) is 0 Å². The van der Waals surface area contributed by atoms with Gasteiger partial charge in [0.05, 0.1) is 5.22 Å². The number of nitrogens with one attached hydrogen (secondary N) is 3. The van der Waals surface area contributed by atoms with Gasteiger partial charge in [0.1, 0.15) is 11.3 Å². The van der Waals surface area contributed by atoms with Crippen LogP contribution in [0.25, 0.3) is 24.0 Å². The van der Waals surface area contributed by atoms with Crippen molar-refractivity contribution in [3.63, 3.8) is 0 Å². The number of fused-ring (bicyclic) bond motifs is 1. The summed E-state index contributed by atoms with van der Waals surface area (Å²) in [6, 6.07) is 2.16. The number of rotatable bonds is 3. The summed E-state index contributed by atoms with van der Waals surface area (Å²) >= 11 is 0. The van der Waals surface area contributed by atoms with Crippen LogP contribution in [0.3, 0.4) is 0 Å². The molecule has 3 N–H and O–H groups in total. The molecule has 2 aliphatic heterocycles. The molecule has 21 heavy (non-hydrogen) atoms. The molecule has 108 valence electrons. The summed E-state index contributed by atoms with van der Waals surface area (Å²) in [5.41, 5.74) is 4.55. The van der Waals surface area contributed by atoms with Crippen LogP contribution >= 0.6 is 0 Å². The molecule has 0 aliphatic carbocycles. The molecule has 0 unspecified atom stereocenters. The second-order valence-corrected chi connectivity index (χ2v) is 5.06. The largest absolute Gasteiger partial charge is 0.359 e. The van der Waals surface area contributed by atoms with Gasteiger partial charge in [-0.1, -0.05) is 20.4 Å². The quantitative estimate of drug-likeness (QED) is 0.667. The lowest BCUT2D eigenvalue weighted by molar-refractivity contribution is 1.06. The Morgan fingerprint density at radius 3 is 2.81 bits per heavy atom. The maximum atomic E-state index is 12.2. The molecule has 0 amide bonds. The van der Waals surface area contributed by atoms with Crippen LogP contribution in [-0.4, -0.2) is 19.9 Å². The van der Waals surface area contributed by atoms with Crippen molar-refractivity contribution in [2.45, 2.75) is 26.7 Å². The fourth-order valence-corrected chi connectivity index (χ4v) is 2.53. The number of aryl methyl sites for hydroxylation is 2. The van der Waals surface area contributed by atoms with E-state index in [9.17, 15) is 4.79 Å². The molecule has 0 saturated heterocycles. The highest BCUT2D eigenvalue weighted by Gasteiger charge is 2.12. The number of aromatic nitrogens is 4. The van der Waals surface area contributed by atoms with E-state index in [-0.39, 0.29) is 5.56 Å². The van der Waals surface area contributed by atoms with Crippen molar-refractivity contribution in [2.75, 3.05) is 0 Å². The SMILES string of the molecule is C=c1nc2[nH]c(=O)c(=Cc3[nH]c(CC)cc3CC)c-2c[nH]1. The molecule has 3 heterocycles. The predicted octanol–water partition coefficient (Wildman–Crippen LogP) is 0.895. The average molecular weight is 282 g/mol. The van der Waals surface area contributed by atoms with Gasteiger partial charge in [-0.3, -0.25) is 4.79 Å². The first-order chi connectivity index (χ1) is 10.1. The Morgan fingerprint density at radius 1 is 1.29 bits per heavy atom. The van der Waals surface area contributed by atoms with Gasteiger partial charge in [0.25, 0.3) is 5.56 Å². The minimum Gasteiger partial charge on any atom is -0.359 e. The zero-order chi connectivity index (χ0) is 15.0. The smallest absolute Gasteiger partial charge is 0.257 e. The number of H-pyrrole nitrogens is 3. The van der Waals surface area contributed by atoms with Gasteiger partial charge in [-0.15, -0.1) is 0 Å². The van der Waals surface area contributed by atoms with Crippen LogP contribution in [-0.2, 0) is 12.8 Å². The van der Waals surface area contributed by atoms with Gasteiger partial charge < -0.3 is 15.0 Å². The van der Waals surface area contributed by atoms with Gasteiger partial charge in [0.2, 0.25) is 0 Å². The number of nitrogens with zero attached hydrogens (tertiary/aromatic N) is 1. The van der Waals surface area contributed by atoms with Gasteiger partial charge in [0.15, 0.2) is 0 Å². The third-order valence-corrected chi connectivity index (χ3v) is 3.69. The van der Waals surface area contributed by atoms with Gasteiger partial charge >= 0.3 is 0 Å². The highest BCUT2D eigenvalue weighted by Crippen LogP contribution is 2.14. The van der Waals surface area contributed by atoms with Crippen LogP contribution in [0.15, 0.2) is 17.1 Å². The Balaban J connectivity index is 2.25. The van der Waals surface area contributed by atoms with Crippen molar-refractivity contribution < 1.29 is 0 Å². The van der Waals surface area contributed by atoms with Crippen molar-refractivity contribution in [1.29, 1.82) is 0 Å². The van der Waals surface area contributed by atoms with Crippen LogP contribution < -0.4 is 16.3 Å². The van der Waals surface area contributed by atoms with Crippen LogP contribution in [0.5, 0.6) is 0 Å². The Hall–Kier alpha value is -2.56. The number of hydrogen-bond acceptors (Lipinski definition) is 2. The van der Waals surface area contributed by atoms with Gasteiger partial charge in [0, 0.05) is 23.1 Å². The van der Waals surface area contributed by atoms with E-state index in [1.54, 1.807) is 6.20 Å². The van der Waals surface area contributed by atoms with E-state index in [4.69, 9.17) is 0 Å². The first kappa shape index (κ1) is 13.4. The van der Waals surface area contributed by atoms with Crippen LogP contribution in [0.1, 0.15) is 30.8 Å². The zero-order valence-corrected chi connectivity index (χ0v) is 12.2. The highest BCUT2D eigenvalue weighted by atomic mass is 16.1. The second-order valence-electron chi connectivity index (χ2n) is 5.06. The number of aromatic amines is 3. The van der Waals surface area contributed by atoms with E-state index in [0.717, 1.165) is 24.1 Å². The van der Waals surface area contributed by atoms with Crippen molar-refractivity contribution in [3.8, 4) is 11.4 Å². The van der Waals surface area contributed by atoms with Crippen LogP contribution in [0.2, 0.25) is 0 Å². The summed E-state index contributed by atoms with van der Waals surface area (Å²) in [5.74, 6) is 0.565. The predicted molar refractivity (Wildman–Crippen MR) is 83.7 cm³/mol. The first-order valence-electron chi connectivity index (χ1n) is 7.11. The lowest BCUT2D eigenvalue weighted by Gasteiger charge is -1.96. The number of hydrogen-bond donors (Lipinski definition) is 3. The second kappa shape index (κ2) is 5.09. The summed E-state index contributed by atoms with van der Waals surface area (Å²) < 4.78 is 0. The normalized spacial score (nSPS) is 12.4. The molecule has 5 heteroatoms. The molecule has 1 aromatic heterocycles. The third-order valence-electron chi connectivity index (χ3n) is 3.69. The Morgan fingerprint density at radius 2 is 2.10 bits per heavy atom. The molecule has 0 aromatic carbocycles. The molecule has 5 nitrogen and oxygen atoms in total. The Bertz CT molecular complexity index is 913. The molecule has 3 rings (SSSR count). The van der Waals surface area contributed by atoms with E-state index < -0.39 is 0 Å². The fourth-order valence-electron chi connectivity index (χ4n) is 2.53. The highest BCUT2D eigenvalue weighted by molar-refractivity contribution is 5.63. The maximum absolute atomic E-state index is 12.2. The topological polar surface area (TPSA) is 77.3 Å². The minimum atomic E-state index is -0.133. The summed E-state index contributed by atoms with van der Waals surface area (Å²) in [6.45, 7) is 7.94. The molecule has 0 saturated carbocycles. The summed E-state index contributed by atoms with van der Waals surface area (Å²) in [7, 11) is 0. The molecule has 0 spiro atoms. The summed E-state index contributed by atoms with van der Waals surface area (Å²) in [5, 5.41) is 0.618. The molecular formula is C16H18N4O. The summed E-state index contributed by atoms with van der Waals surface area (Å²) in [6.07, 6.45) is 5.53. The van der Waals surface area contributed by atoms with Crippen molar-refractivity contribution in [3.05, 3.63) is 50.3 Å². The fraction of sp³-hybridized carbons (Fsp3) is 0.250. The zero-order valence-electron chi connectivity index (χ0n) is 12.2. The van der Waals surface area contributed by atoms with Gasteiger partial charge in [-0.2, -0.15) is 0 Å². The minimum absolute atomic E-state index is 0.133. The van der Waals surface area contributed by atoms with Crippen LogP contribution in [0.4, 0.5) is 0 Å².